The SMILES string of the molecule is CC(NC(=O)C(=O)N1C(C)(C)CC(N)CC1(C)C)c1ccc2c(c1)CCCC2. The molecule has 1 aromatic carbocycles. The van der Waals surface area contributed by atoms with Gasteiger partial charge in [-0.2, -0.15) is 0 Å². The zero-order chi connectivity index (χ0) is 20.7. The zero-order valence-corrected chi connectivity index (χ0v) is 18.0. The molecule has 1 saturated heterocycles. The van der Waals surface area contributed by atoms with E-state index in [9.17, 15) is 9.59 Å². The third kappa shape index (κ3) is 4.09. The number of carbonyl (C=O) groups excluding carboxylic acids is 2. The van der Waals surface area contributed by atoms with Crippen LogP contribution in [0.5, 0.6) is 0 Å². The van der Waals surface area contributed by atoms with E-state index in [1.807, 2.05) is 34.6 Å². The maximum absolute atomic E-state index is 13.1. The summed E-state index contributed by atoms with van der Waals surface area (Å²) < 4.78 is 0. The van der Waals surface area contributed by atoms with Gasteiger partial charge in [-0.15, -0.1) is 0 Å². The quantitative estimate of drug-likeness (QED) is 0.768. The standard InChI is InChI=1S/C23H35N3O2/c1-15(17-11-10-16-8-6-7-9-18(16)12-17)25-20(27)21(28)26-22(2,3)13-19(24)14-23(26,4)5/h10-12,15,19H,6-9,13-14,24H2,1-5H3,(H,25,27). The molecule has 3 rings (SSSR count). The molecular formula is C23H35N3O2. The number of fused-ring (bicyclic) bond motifs is 1. The molecule has 5 heteroatoms. The average molecular weight is 386 g/mol. The minimum Gasteiger partial charge on any atom is -0.341 e. The number of likely N-dealkylation sites (tertiary alicyclic amines) is 1. The Labute approximate surface area is 169 Å². The first-order valence-corrected chi connectivity index (χ1v) is 10.5. The van der Waals surface area contributed by atoms with E-state index in [1.165, 1.54) is 24.0 Å². The third-order valence-electron chi connectivity index (χ3n) is 6.35. The Hall–Kier alpha value is -1.88. The van der Waals surface area contributed by atoms with Crippen molar-refractivity contribution < 1.29 is 9.59 Å². The highest BCUT2D eigenvalue weighted by molar-refractivity contribution is 6.35. The molecule has 1 aromatic rings. The first kappa shape index (κ1) is 20.8. The number of benzene rings is 1. The normalized spacial score (nSPS) is 22.3. The fourth-order valence-corrected chi connectivity index (χ4v) is 5.37. The number of carbonyl (C=O) groups is 2. The number of piperidine rings is 1. The summed E-state index contributed by atoms with van der Waals surface area (Å²) in [7, 11) is 0. The summed E-state index contributed by atoms with van der Waals surface area (Å²) in [4.78, 5) is 27.7. The Balaban J connectivity index is 1.74. The summed E-state index contributed by atoms with van der Waals surface area (Å²) in [5.74, 6) is -1.01. The van der Waals surface area contributed by atoms with Crippen LogP contribution in [0.4, 0.5) is 0 Å². The Morgan fingerprint density at radius 2 is 1.64 bits per heavy atom. The Morgan fingerprint density at radius 1 is 1.07 bits per heavy atom. The number of rotatable bonds is 2. The zero-order valence-electron chi connectivity index (χ0n) is 18.0. The van der Waals surface area contributed by atoms with Crippen LogP contribution < -0.4 is 11.1 Å². The molecule has 1 heterocycles. The molecule has 1 unspecified atom stereocenters. The highest BCUT2D eigenvalue weighted by Gasteiger charge is 2.48. The smallest absolute Gasteiger partial charge is 0.312 e. The van der Waals surface area contributed by atoms with Gasteiger partial charge in [0.15, 0.2) is 0 Å². The maximum atomic E-state index is 13.1. The number of amides is 2. The van der Waals surface area contributed by atoms with Gasteiger partial charge in [-0.05, 0) is 89.8 Å². The molecule has 0 bridgehead atoms. The van der Waals surface area contributed by atoms with Crippen LogP contribution in [0, 0.1) is 0 Å². The predicted octanol–water partition coefficient (Wildman–Crippen LogP) is 3.25. The first-order chi connectivity index (χ1) is 13.0. The van der Waals surface area contributed by atoms with Crippen LogP contribution in [-0.4, -0.2) is 33.8 Å². The molecule has 154 valence electrons. The van der Waals surface area contributed by atoms with E-state index < -0.39 is 22.9 Å². The van der Waals surface area contributed by atoms with E-state index in [2.05, 4.69) is 23.5 Å². The van der Waals surface area contributed by atoms with Crippen LogP contribution in [0.25, 0.3) is 0 Å². The van der Waals surface area contributed by atoms with Gasteiger partial charge in [-0.3, -0.25) is 9.59 Å². The van der Waals surface area contributed by atoms with Gasteiger partial charge in [-0.25, -0.2) is 0 Å². The van der Waals surface area contributed by atoms with Crippen LogP contribution in [0.2, 0.25) is 0 Å². The molecule has 0 radical (unpaired) electrons. The summed E-state index contributed by atoms with van der Waals surface area (Å²) in [6, 6.07) is 6.27. The van der Waals surface area contributed by atoms with Gasteiger partial charge < -0.3 is 16.0 Å². The topological polar surface area (TPSA) is 75.4 Å². The van der Waals surface area contributed by atoms with Crippen molar-refractivity contribution in [2.45, 2.75) is 96.3 Å². The number of hydrogen-bond acceptors (Lipinski definition) is 3. The van der Waals surface area contributed by atoms with Crippen LogP contribution in [0.3, 0.4) is 0 Å². The van der Waals surface area contributed by atoms with Crippen molar-refractivity contribution in [3.05, 3.63) is 34.9 Å². The maximum Gasteiger partial charge on any atom is 0.312 e. The van der Waals surface area contributed by atoms with Crippen molar-refractivity contribution in [1.82, 2.24) is 10.2 Å². The Kier molecular flexibility index (Phi) is 5.59. The molecule has 5 nitrogen and oxygen atoms in total. The molecular weight excluding hydrogens is 350 g/mol. The minimum absolute atomic E-state index is 0.0338. The molecule has 1 fully saturated rings. The molecule has 0 aromatic heterocycles. The largest absolute Gasteiger partial charge is 0.341 e. The molecule has 0 saturated carbocycles. The molecule has 2 amide bonds. The summed E-state index contributed by atoms with van der Waals surface area (Å²) in [5.41, 5.74) is 9.14. The van der Waals surface area contributed by atoms with Crippen LogP contribution in [0.15, 0.2) is 18.2 Å². The van der Waals surface area contributed by atoms with Gasteiger partial charge >= 0.3 is 11.8 Å². The van der Waals surface area contributed by atoms with Gasteiger partial charge in [0.05, 0.1) is 6.04 Å². The Morgan fingerprint density at radius 3 is 2.25 bits per heavy atom. The Bertz CT molecular complexity index is 751. The number of aryl methyl sites for hydroxylation is 2. The van der Waals surface area contributed by atoms with Crippen molar-refractivity contribution in [2.75, 3.05) is 0 Å². The molecule has 3 N–H and O–H groups in total. The van der Waals surface area contributed by atoms with Crippen molar-refractivity contribution in [2.24, 2.45) is 5.73 Å². The van der Waals surface area contributed by atoms with Crippen LogP contribution in [0.1, 0.15) is 83.0 Å². The number of hydrogen-bond donors (Lipinski definition) is 2. The van der Waals surface area contributed by atoms with Gasteiger partial charge in [0.25, 0.3) is 0 Å². The summed E-state index contributed by atoms with van der Waals surface area (Å²) in [6.07, 6.45) is 6.08. The lowest BCUT2D eigenvalue weighted by Gasteiger charge is -2.54. The second-order valence-corrected chi connectivity index (χ2v) is 9.86. The van der Waals surface area contributed by atoms with E-state index in [4.69, 9.17) is 5.73 Å². The average Bonchev–Trinajstić information content (AvgIpc) is 2.58. The fraction of sp³-hybridized carbons (Fsp3) is 0.652. The second kappa shape index (κ2) is 7.51. The lowest BCUT2D eigenvalue weighted by molar-refractivity contribution is -0.159. The fourth-order valence-electron chi connectivity index (χ4n) is 5.37. The molecule has 1 aliphatic heterocycles. The van der Waals surface area contributed by atoms with Crippen LogP contribution >= 0.6 is 0 Å². The summed E-state index contributed by atoms with van der Waals surface area (Å²) in [6.45, 7) is 9.91. The van der Waals surface area contributed by atoms with E-state index in [-0.39, 0.29) is 12.1 Å². The minimum atomic E-state index is -0.540. The van der Waals surface area contributed by atoms with E-state index in [1.54, 1.807) is 4.90 Å². The molecule has 28 heavy (non-hydrogen) atoms. The highest BCUT2D eigenvalue weighted by Crippen LogP contribution is 2.38. The van der Waals surface area contributed by atoms with Crippen LogP contribution in [-0.2, 0) is 22.4 Å². The van der Waals surface area contributed by atoms with Crippen molar-refractivity contribution in [1.29, 1.82) is 0 Å². The van der Waals surface area contributed by atoms with Crippen molar-refractivity contribution >= 4 is 11.8 Å². The van der Waals surface area contributed by atoms with Crippen molar-refractivity contribution in [3.63, 3.8) is 0 Å². The number of nitrogens with zero attached hydrogens (tertiary/aromatic N) is 1. The van der Waals surface area contributed by atoms with Gasteiger partial charge in [0, 0.05) is 17.1 Å². The number of nitrogens with two attached hydrogens (primary N) is 1. The summed E-state index contributed by atoms with van der Waals surface area (Å²) >= 11 is 0. The molecule has 1 atom stereocenters. The number of nitrogens with one attached hydrogen (secondary N) is 1. The van der Waals surface area contributed by atoms with Gasteiger partial charge in [0.2, 0.25) is 0 Å². The lowest BCUT2D eigenvalue weighted by Crippen LogP contribution is -2.67. The predicted molar refractivity (Wildman–Crippen MR) is 112 cm³/mol. The molecule has 2 aliphatic rings. The first-order valence-electron chi connectivity index (χ1n) is 10.5. The van der Waals surface area contributed by atoms with E-state index in [0.717, 1.165) is 18.4 Å². The summed E-state index contributed by atoms with van der Waals surface area (Å²) in [5, 5.41) is 2.93. The second-order valence-electron chi connectivity index (χ2n) is 9.86. The van der Waals surface area contributed by atoms with Crippen molar-refractivity contribution in [3.8, 4) is 0 Å². The highest BCUT2D eigenvalue weighted by atomic mass is 16.2. The van der Waals surface area contributed by atoms with Gasteiger partial charge in [0.1, 0.15) is 0 Å². The molecule has 1 aliphatic carbocycles. The van der Waals surface area contributed by atoms with E-state index >= 15 is 0 Å². The lowest BCUT2D eigenvalue weighted by atomic mass is 9.77. The third-order valence-corrected chi connectivity index (χ3v) is 6.35. The van der Waals surface area contributed by atoms with Gasteiger partial charge in [-0.1, -0.05) is 18.2 Å². The monoisotopic (exact) mass is 385 g/mol. The molecule has 0 spiro atoms. The van der Waals surface area contributed by atoms with E-state index in [0.29, 0.717) is 12.8 Å².